The number of halogens is 1. The molecule has 0 amide bonds. The lowest BCUT2D eigenvalue weighted by atomic mass is 9.93. The predicted octanol–water partition coefficient (Wildman–Crippen LogP) is 2.54. The Morgan fingerprint density at radius 2 is 2.50 bits per heavy atom. The Bertz CT molecular complexity index is 296. The van der Waals surface area contributed by atoms with Gasteiger partial charge in [-0.25, -0.2) is 0 Å². The van der Waals surface area contributed by atoms with E-state index >= 15 is 0 Å². The van der Waals surface area contributed by atoms with Crippen LogP contribution < -0.4 is 5.32 Å². The van der Waals surface area contributed by atoms with E-state index in [0.717, 1.165) is 28.9 Å². The number of nitrogens with one attached hydrogen (secondary N) is 1. The monoisotopic (exact) mass is 275 g/mol. The fraction of sp³-hybridized carbons (Fsp3) is 0.600. The molecule has 2 rings (SSSR count). The van der Waals surface area contributed by atoms with Gasteiger partial charge in [0.05, 0.1) is 6.10 Å². The van der Waals surface area contributed by atoms with Crippen LogP contribution in [0.25, 0.3) is 0 Å². The maximum absolute atomic E-state index is 10.1. The van der Waals surface area contributed by atoms with Crippen LogP contribution in [0.4, 0.5) is 0 Å². The third-order valence-electron chi connectivity index (χ3n) is 2.66. The number of hydrogen-bond donors (Lipinski definition) is 2. The van der Waals surface area contributed by atoms with Crippen molar-refractivity contribution >= 4 is 27.3 Å². The van der Waals surface area contributed by atoms with E-state index in [0.29, 0.717) is 5.92 Å². The molecule has 2 unspecified atom stereocenters. The van der Waals surface area contributed by atoms with Crippen LogP contribution in [0.1, 0.15) is 23.8 Å². The van der Waals surface area contributed by atoms with Crippen LogP contribution in [-0.2, 0) is 0 Å². The smallest absolute Gasteiger partial charge is 0.0922 e. The van der Waals surface area contributed by atoms with Gasteiger partial charge in [0.15, 0.2) is 0 Å². The molecule has 2 N–H and O–H groups in total. The molecular weight excluding hydrogens is 262 g/mol. The van der Waals surface area contributed by atoms with Crippen LogP contribution in [-0.4, -0.2) is 18.2 Å². The van der Waals surface area contributed by atoms with E-state index in [1.807, 2.05) is 11.4 Å². The van der Waals surface area contributed by atoms with Crippen LogP contribution in [0, 0.1) is 5.92 Å². The van der Waals surface area contributed by atoms with Gasteiger partial charge in [-0.1, -0.05) is 0 Å². The van der Waals surface area contributed by atoms with E-state index in [9.17, 15) is 5.11 Å². The van der Waals surface area contributed by atoms with Crippen molar-refractivity contribution in [2.75, 3.05) is 13.1 Å². The van der Waals surface area contributed by atoms with Crippen molar-refractivity contribution in [1.82, 2.24) is 5.32 Å². The van der Waals surface area contributed by atoms with E-state index in [4.69, 9.17) is 0 Å². The number of aliphatic hydroxyl groups is 1. The highest BCUT2D eigenvalue weighted by Gasteiger charge is 2.23. The molecule has 0 aliphatic carbocycles. The first-order valence-electron chi connectivity index (χ1n) is 4.90. The molecule has 14 heavy (non-hydrogen) atoms. The van der Waals surface area contributed by atoms with Crippen LogP contribution in [0.15, 0.2) is 15.9 Å². The zero-order chi connectivity index (χ0) is 9.97. The molecular formula is C10H14BrNOS. The Hall–Kier alpha value is 0.1000. The topological polar surface area (TPSA) is 32.3 Å². The lowest BCUT2D eigenvalue weighted by Crippen LogP contribution is -2.33. The average Bonchev–Trinajstić information content (AvgIpc) is 2.65. The summed E-state index contributed by atoms with van der Waals surface area (Å²) in [6.45, 7) is 2.04. The minimum absolute atomic E-state index is 0.293. The molecule has 1 aliphatic rings. The third-order valence-corrected chi connectivity index (χ3v) is 4.42. The molecule has 2 heterocycles. The van der Waals surface area contributed by atoms with Crippen molar-refractivity contribution in [3.8, 4) is 0 Å². The van der Waals surface area contributed by atoms with Gasteiger partial charge >= 0.3 is 0 Å². The van der Waals surface area contributed by atoms with Gasteiger partial charge in [-0.3, -0.25) is 0 Å². The molecule has 2 nitrogen and oxygen atoms in total. The van der Waals surface area contributed by atoms with E-state index in [2.05, 4.69) is 21.2 Å². The Morgan fingerprint density at radius 3 is 3.07 bits per heavy atom. The second-order valence-corrected chi connectivity index (χ2v) is 5.58. The van der Waals surface area contributed by atoms with E-state index in [-0.39, 0.29) is 6.10 Å². The van der Waals surface area contributed by atoms with Crippen LogP contribution in [0.3, 0.4) is 0 Å². The molecule has 2 atom stereocenters. The van der Waals surface area contributed by atoms with E-state index < -0.39 is 0 Å². The van der Waals surface area contributed by atoms with Crippen molar-refractivity contribution in [2.45, 2.75) is 18.9 Å². The molecule has 4 heteroatoms. The van der Waals surface area contributed by atoms with Crippen LogP contribution in [0.5, 0.6) is 0 Å². The summed E-state index contributed by atoms with van der Waals surface area (Å²) < 4.78 is 1.07. The molecule has 0 spiro atoms. The Labute approximate surface area is 96.5 Å². The zero-order valence-corrected chi connectivity index (χ0v) is 10.3. The maximum atomic E-state index is 10.1. The first kappa shape index (κ1) is 10.6. The molecule has 1 aromatic heterocycles. The summed E-state index contributed by atoms with van der Waals surface area (Å²) in [6, 6.07) is 2.02. The fourth-order valence-electron chi connectivity index (χ4n) is 1.86. The number of rotatable bonds is 2. The van der Waals surface area contributed by atoms with Crippen LogP contribution in [0.2, 0.25) is 0 Å². The van der Waals surface area contributed by atoms with Gasteiger partial charge in [0, 0.05) is 27.2 Å². The van der Waals surface area contributed by atoms with E-state index in [1.54, 1.807) is 11.3 Å². The summed E-state index contributed by atoms with van der Waals surface area (Å²) in [5.41, 5.74) is 0. The lowest BCUT2D eigenvalue weighted by molar-refractivity contribution is 0.0953. The van der Waals surface area contributed by atoms with Crippen LogP contribution >= 0.6 is 27.3 Å². The first-order valence-corrected chi connectivity index (χ1v) is 6.57. The van der Waals surface area contributed by atoms with Crippen molar-refractivity contribution < 1.29 is 5.11 Å². The molecule has 0 bridgehead atoms. The molecule has 0 radical (unpaired) electrons. The minimum atomic E-state index is -0.293. The minimum Gasteiger partial charge on any atom is -0.387 e. The zero-order valence-electron chi connectivity index (χ0n) is 7.87. The largest absolute Gasteiger partial charge is 0.387 e. The maximum Gasteiger partial charge on any atom is 0.0922 e. The molecule has 0 saturated carbocycles. The highest BCUT2D eigenvalue weighted by Crippen LogP contribution is 2.32. The number of thiophene rings is 1. The van der Waals surface area contributed by atoms with E-state index in [1.165, 1.54) is 6.42 Å². The van der Waals surface area contributed by atoms with Gasteiger partial charge in [0.1, 0.15) is 0 Å². The van der Waals surface area contributed by atoms with Crippen molar-refractivity contribution in [3.05, 3.63) is 20.8 Å². The predicted molar refractivity (Wildman–Crippen MR) is 62.6 cm³/mol. The second kappa shape index (κ2) is 4.75. The quantitative estimate of drug-likeness (QED) is 0.870. The highest BCUT2D eigenvalue weighted by atomic mass is 79.9. The Morgan fingerprint density at radius 1 is 1.64 bits per heavy atom. The lowest BCUT2D eigenvalue weighted by Gasteiger charge is -2.26. The summed E-state index contributed by atoms with van der Waals surface area (Å²) in [5.74, 6) is 0.384. The molecule has 78 valence electrons. The standard InChI is InChI=1S/C10H14BrNOS/c11-8-4-9(14-6-8)10(13)7-2-1-3-12-5-7/h4,6-7,10,12-13H,1-3,5H2. The SMILES string of the molecule is OC(c1cc(Br)cs1)C1CCCNC1. The summed E-state index contributed by atoms with van der Waals surface area (Å²) in [7, 11) is 0. The first-order chi connectivity index (χ1) is 6.77. The van der Waals surface area contributed by atoms with Crippen molar-refractivity contribution in [3.63, 3.8) is 0 Å². The fourth-order valence-corrected chi connectivity index (χ4v) is 3.39. The molecule has 0 aromatic carbocycles. The number of piperidine rings is 1. The molecule has 1 fully saturated rings. The summed E-state index contributed by atoms with van der Waals surface area (Å²) in [6.07, 6.45) is 2.01. The summed E-state index contributed by atoms with van der Waals surface area (Å²) >= 11 is 5.03. The summed E-state index contributed by atoms with van der Waals surface area (Å²) in [5, 5.41) is 15.5. The van der Waals surface area contributed by atoms with Gasteiger partial charge in [-0.05, 0) is 41.4 Å². The highest BCUT2D eigenvalue weighted by molar-refractivity contribution is 9.10. The molecule has 1 saturated heterocycles. The molecule has 1 aliphatic heterocycles. The third kappa shape index (κ3) is 2.37. The van der Waals surface area contributed by atoms with Gasteiger partial charge in [-0.2, -0.15) is 0 Å². The van der Waals surface area contributed by atoms with Gasteiger partial charge in [-0.15, -0.1) is 11.3 Å². The van der Waals surface area contributed by atoms with Gasteiger partial charge in [0.25, 0.3) is 0 Å². The number of aliphatic hydroxyl groups excluding tert-OH is 1. The second-order valence-electron chi connectivity index (χ2n) is 3.72. The van der Waals surface area contributed by atoms with Crippen molar-refractivity contribution in [2.24, 2.45) is 5.92 Å². The average molecular weight is 276 g/mol. The Kier molecular flexibility index (Phi) is 3.60. The normalized spacial score (nSPS) is 24.9. The van der Waals surface area contributed by atoms with Gasteiger partial charge in [0.2, 0.25) is 0 Å². The number of hydrogen-bond acceptors (Lipinski definition) is 3. The summed E-state index contributed by atoms with van der Waals surface area (Å²) in [4.78, 5) is 1.07. The van der Waals surface area contributed by atoms with Gasteiger partial charge < -0.3 is 10.4 Å². The van der Waals surface area contributed by atoms with Crippen molar-refractivity contribution in [1.29, 1.82) is 0 Å². The Balaban J connectivity index is 2.03. The molecule has 1 aromatic rings.